The topological polar surface area (TPSA) is 70.1 Å². The first-order valence-electron chi connectivity index (χ1n) is 9.49. The van der Waals surface area contributed by atoms with Crippen LogP contribution in [0.4, 0.5) is 30.6 Å². The number of benzene rings is 1. The Morgan fingerprint density at radius 1 is 1.17 bits per heavy atom. The Kier molecular flexibility index (Phi) is 4.63. The summed E-state index contributed by atoms with van der Waals surface area (Å²) in [6.07, 6.45) is -2.71. The molecule has 1 amide bonds. The molecule has 1 fully saturated rings. The molecular formula is C20H22F3N5O. The van der Waals surface area contributed by atoms with Crippen molar-refractivity contribution in [2.24, 2.45) is 0 Å². The summed E-state index contributed by atoms with van der Waals surface area (Å²) in [5.74, 6) is 1.29. The fourth-order valence-electron chi connectivity index (χ4n) is 3.75. The summed E-state index contributed by atoms with van der Waals surface area (Å²) in [7, 11) is 1.82. The van der Waals surface area contributed by atoms with Gasteiger partial charge in [-0.15, -0.1) is 0 Å². The second kappa shape index (κ2) is 6.89. The average molecular weight is 405 g/mol. The number of rotatable bonds is 3. The van der Waals surface area contributed by atoms with Gasteiger partial charge in [0.1, 0.15) is 11.7 Å². The molecule has 2 heterocycles. The minimum absolute atomic E-state index is 0.0919. The molecule has 0 spiro atoms. The monoisotopic (exact) mass is 405 g/mol. The summed E-state index contributed by atoms with van der Waals surface area (Å²) >= 11 is 0. The van der Waals surface area contributed by atoms with E-state index in [0.717, 1.165) is 30.5 Å². The van der Waals surface area contributed by atoms with Gasteiger partial charge in [-0.25, -0.2) is 4.98 Å². The summed E-state index contributed by atoms with van der Waals surface area (Å²) in [4.78, 5) is 22.8. The van der Waals surface area contributed by atoms with Crippen LogP contribution in [0, 0.1) is 6.92 Å². The molecule has 9 heteroatoms. The number of nitrogens with zero attached hydrogens (tertiary/aromatic N) is 3. The number of hydrogen-bond acceptors (Lipinski definition) is 5. The molecule has 0 bridgehead atoms. The Morgan fingerprint density at radius 3 is 2.45 bits per heavy atom. The first kappa shape index (κ1) is 19.5. The van der Waals surface area contributed by atoms with E-state index >= 15 is 0 Å². The molecule has 0 radical (unpaired) electrons. The maximum atomic E-state index is 12.7. The van der Waals surface area contributed by atoms with Crippen LogP contribution in [0.25, 0.3) is 0 Å². The number of fused-ring (bicyclic) bond motifs is 1. The number of carbonyl (C=O) groups excluding carboxylic acids is 1. The minimum Gasteiger partial charge on any atom is -0.351 e. The van der Waals surface area contributed by atoms with Crippen molar-refractivity contribution in [2.45, 2.75) is 50.9 Å². The molecule has 2 aliphatic rings. The zero-order valence-electron chi connectivity index (χ0n) is 16.3. The summed E-state index contributed by atoms with van der Waals surface area (Å²) in [5, 5.41) is 6.16. The maximum absolute atomic E-state index is 12.7. The molecule has 0 saturated heterocycles. The van der Waals surface area contributed by atoms with Crippen molar-refractivity contribution in [2.75, 3.05) is 22.6 Å². The maximum Gasteiger partial charge on any atom is 0.416 e. The van der Waals surface area contributed by atoms with Gasteiger partial charge in [0.05, 0.1) is 11.3 Å². The standard InChI is InChI=1S/C20H22F3N5O/c1-10-16-17(28(3)11(2)18(29)26-16)27-19(24-10)25-15-8-13(9-15)12-4-6-14(7-5-12)20(21,22)23/h4-7,11,13,15H,8-9H2,1-3H3,(H,26,29)(H,24,25,27)/t11-,13-,15+/m0/s1. The van der Waals surface area contributed by atoms with Gasteiger partial charge in [-0.05, 0) is 50.3 Å². The van der Waals surface area contributed by atoms with Crippen molar-refractivity contribution in [1.82, 2.24) is 9.97 Å². The lowest BCUT2D eigenvalue weighted by atomic mass is 9.76. The third-order valence-corrected chi connectivity index (χ3v) is 5.79. The first-order chi connectivity index (χ1) is 13.6. The van der Waals surface area contributed by atoms with Crippen LogP contribution in [-0.2, 0) is 11.0 Å². The highest BCUT2D eigenvalue weighted by molar-refractivity contribution is 6.03. The molecule has 154 valence electrons. The Balaban J connectivity index is 1.42. The number of likely N-dealkylation sites (N-methyl/N-ethyl adjacent to an activating group) is 1. The summed E-state index contributed by atoms with van der Waals surface area (Å²) < 4.78 is 38.1. The first-order valence-corrected chi connectivity index (χ1v) is 9.49. The smallest absolute Gasteiger partial charge is 0.351 e. The van der Waals surface area contributed by atoms with E-state index < -0.39 is 11.7 Å². The molecule has 1 atom stereocenters. The third-order valence-electron chi connectivity index (χ3n) is 5.79. The van der Waals surface area contributed by atoms with Crippen LogP contribution in [0.5, 0.6) is 0 Å². The average Bonchev–Trinajstić information content (AvgIpc) is 2.63. The second-order valence-electron chi connectivity index (χ2n) is 7.74. The van der Waals surface area contributed by atoms with Crippen LogP contribution in [0.15, 0.2) is 24.3 Å². The highest BCUT2D eigenvalue weighted by Gasteiger charge is 2.34. The molecule has 0 unspecified atom stereocenters. The number of hydrogen-bond donors (Lipinski definition) is 2. The molecule has 1 aromatic heterocycles. The number of aromatic nitrogens is 2. The van der Waals surface area contributed by atoms with Gasteiger partial charge < -0.3 is 15.5 Å². The quantitative estimate of drug-likeness (QED) is 0.810. The van der Waals surface area contributed by atoms with Gasteiger partial charge in [-0.2, -0.15) is 18.2 Å². The van der Waals surface area contributed by atoms with Crippen molar-refractivity contribution in [3.8, 4) is 0 Å². The number of halogens is 3. The van der Waals surface area contributed by atoms with E-state index in [4.69, 9.17) is 0 Å². The highest BCUT2D eigenvalue weighted by atomic mass is 19.4. The second-order valence-corrected chi connectivity index (χ2v) is 7.74. The Morgan fingerprint density at radius 2 is 1.83 bits per heavy atom. The normalized spacial score (nSPS) is 23.9. The van der Waals surface area contributed by atoms with E-state index in [1.165, 1.54) is 0 Å². The lowest BCUT2D eigenvalue weighted by Crippen LogP contribution is -2.45. The number of nitrogens with one attached hydrogen (secondary N) is 2. The number of anilines is 3. The molecule has 6 nitrogen and oxygen atoms in total. The fourth-order valence-corrected chi connectivity index (χ4v) is 3.75. The van der Waals surface area contributed by atoms with E-state index in [-0.39, 0.29) is 23.9 Å². The van der Waals surface area contributed by atoms with Crippen molar-refractivity contribution >= 4 is 23.4 Å². The third kappa shape index (κ3) is 3.61. The molecule has 4 rings (SSSR count). The predicted molar refractivity (Wildman–Crippen MR) is 104 cm³/mol. The van der Waals surface area contributed by atoms with Gasteiger partial charge in [0.25, 0.3) is 0 Å². The van der Waals surface area contributed by atoms with E-state index in [1.54, 1.807) is 12.1 Å². The van der Waals surface area contributed by atoms with E-state index in [0.29, 0.717) is 23.1 Å². The zero-order valence-corrected chi connectivity index (χ0v) is 16.3. The Hall–Kier alpha value is -2.84. The van der Waals surface area contributed by atoms with Crippen molar-refractivity contribution in [3.63, 3.8) is 0 Å². The van der Waals surface area contributed by atoms with Gasteiger partial charge in [-0.3, -0.25) is 4.79 Å². The largest absolute Gasteiger partial charge is 0.416 e. The molecule has 2 aromatic rings. The molecule has 1 saturated carbocycles. The van der Waals surface area contributed by atoms with Crippen LogP contribution in [0.2, 0.25) is 0 Å². The van der Waals surface area contributed by atoms with Gasteiger partial charge in [0.2, 0.25) is 11.9 Å². The lowest BCUT2D eigenvalue weighted by molar-refractivity contribution is -0.137. The van der Waals surface area contributed by atoms with Crippen molar-refractivity contribution in [3.05, 3.63) is 41.1 Å². The molecule has 1 aliphatic carbocycles. The van der Waals surface area contributed by atoms with E-state index in [2.05, 4.69) is 20.6 Å². The van der Waals surface area contributed by atoms with Gasteiger partial charge >= 0.3 is 6.18 Å². The highest BCUT2D eigenvalue weighted by Crippen LogP contribution is 2.40. The number of aryl methyl sites for hydroxylation is 1. The predicted octanol–water partition coefficient (Wildman–Crippen LogP) is 3.94. The van der Waals surface area contributed by atoms with Crippen LogP contribution >= 0.6 is 0 Å². The molecule has 1 aromatic carbocycles. The molecule has 2 N–H and O–H groups in total. The Bertz CT molecular complexity index is 938. The molecule has 1 aliphatic heterocycles. The van der Waals surface area contributed by atoms with Crippen LogP contribution < -0.4 is 15.5 Å². The zero-order chi connectivity index (χ0) is 20.9. The van der Waals surface area contributed by atoms with E-state index in [9.17, 15) is 18.0 Å². The van der Waals surface area contributed by atoms with Gasteiger partial charge in [0, 0.05) is 13.1 Å². The number of amides is 1. The minimum atomic E-state index is -4.31. The lowest BCUT2D eigenvalue weighted by Gasteiger charge is -2.37. The van der Waals surface area contributed by atoms with Crippen molar-refractivity contribution in [1.29, 1.82) is 0 Å². The van der Waals surface area contributed by atoms with Gasteiger partial charge in [-0.1, -0.05) is 12.1 Å². The van der Waals surface area contributed by atoms with Crippen LogP contribution in [0.3, 0.4) is 0 Å². The fraction of sp³-hybridized carbons (Fsp3) is 0.450. The van der Waals surface area contributed by atoms with Crippen LogP contribution in [-0.4, -0.2) is 35.0 Å². The van der Waals surface area contributed by atoms with Crippen molar-refractivity contribution < 1.29 is 18.0 Å². The SMILES string of the molecule is Cc1nc(N[C@H]2C[C@@H](c3ccc(C(F)(F)F)cc3)C2)nc2c1NC(=O)[C@H](C)N2C. The number of carbonyl (C=O) groups is 1. The summed E-state index contributed by atoms with van der Waals surface area (Å²) in [6, 6.07) is 5.22. The molecule has 29 heavy (non-hydrogen) atoms. The van der Waals surface area contributed by atoms with Gasteiger partial charge in [0.15, 0.2) is 5.82 Å². The van der Waals surface area contributed by atoms with E-state index in [1.807, 2.05) is 25.8 Å². The summed E-state index contributed by atoms with van der Waals surface area (Å²) in [6.45, 7) is 3.63. The van der Waals surface area contributed by atoms with Crippen LogP contribution in [0.1, 0.15) is 42.5 Å². The Labute approximate surface area is 166 Å². The number of alkyl halides is 3. The summed E-state index contributed by atoms with van der Waals surface area (Å²) in [5.41, 5.74) is 1.59. The molecular weight excluding hydrogens is 383 g/mol.